The number of carboxylic acids is 1. The number of methoxy groups -OCH3 is 1. The van der Waals surface area contributed by atoms with Gasteiger partial charge in [-0.25, -0.2) is 0 Å². The molecule has 0 heterocycles. The first kappa shape index (κ1) is 14.9. The van der Waals surface area contributed by atoms with Crippen LogP contribution in [-0.2, 0) is 14.3 Å². The fraction of sp³-hybridized carbons (Fsp3) is 0.818. The van der Waals surface area contributed by atoms with Gasteiger partial charge in [0, 0.05) is 33.1 Å². The Morgan fingerprint density at radius 2 is 1.81 bits per heavy atom. The lowest BCUT2D eigenvalue weighted by Crippen LogP contribution is -2.24. The Morgan fingerprint density at radius 3 is 2.44 bits per heavy atom. The van der Waals surface area contributed by atoms with Crippen LogP contribution in [0.2, 0.25) is 0 Å². The van der Waals surface area contributed by atoms with Crippen molar-refractivity contribution >= 4 is 11.9 Å². The monoisotopic (exact) mass is 231 g/mol. The lowest BCUT2D eigenvalue weighted by atomic mass is 10.2. The zero-order valence-electron chi connectivity index (χ0n) is 9.83. The van der Waals surface area contributed by atoms with Crippen molar-refractivity contribution in [3.8, 4) is 0 Å². The molecule has 5 nitrogen and oxygen atoms in total. The van der Waals surface area contributed by atoms with Gasteiger partial charge in [-0.05, 0) is 25.7 Å². The van der Waals surface area contributed by atoms with E-state index in [1.807, 2.05) is 0 Å². The molecule has 0 aliphatic rings. The van der Waals surface area contributed by atoms with E-state index in [-0.39, 0.29) is 12.3 Å². The summed E-state index contributed by atoms with van der Waals surface area (Å²) >= 11 is 0. The van der Waals surface area contributed by atoms with E-state index in [9.17, 15) is 9.59 Å². The van der Waals surface area contributed by atoms with Crippen molar-refractivity contribution in [2.75, 3.05) is 20.3 Å². The lowest BCUT2D eigenvalue weighted by Gasteiger charge is -2.04. The molecule has 0 aliphatic heterocycles. The molecule has 0 saturated heterocycles. The Hall–Kier alpha value is -1.10. The maximum Gasteiger partial charge on any atom is 0.303 e. The van der Waals surface area contributed by atoms with Gasteiger partial charge in [-0.1, -0.05) is 0 Å². The SMILES string of the molecule is COCCCCNC(=O)CCCCC(=O)O. The third kappa shape index (κ3) is 11.0. The van der Waals surface area contributed by atoms with E-state index < -0.39 is 5.97 Å². The third-order valence-electron chi connectivity index (χ3n) is 2.14. The van der Waals surface area contributed by atoms with Crippen LogP contribution in [0.4, 0.5) is 0 Å². The predicted molar refractivity (Wildman–Crippen MR) is 60.2 cm³/mol. The number of rotatable bonds is 10. The first-order valence-corrected chi connectivity index (χ1v) is 5.64. The van der Waals surface area contributed by atoms with Gasteiger partial charge in [0.25, 0.3) is 0 Å². The van der Waals surface area contributed by atoms with E-state index >= 15 is 0 Å². The molecule has 0 aromatic carbocycles. The molecule has 0 aromatic rings. The van der Waals surface area contributed by atoms with Crippen LogP contribution >= 0.6 is 0 Å². The second-order valence-electron chi connectivity index (χ2n) is 3.65. The largest absolute Gasteiger partial charge is 0.481 e. The van der Waals surface area contributed by atoms with Gasteiger partial charge in [-0.3, -0.25) is 9.59 Å². The number of nitrogens with one attached hydrogen (secondary N) is 1. The second-order valence-corrected chi connectivity index (χ2v) is 3.65. The summed E-state index contributed by atoms with van der Waals surface area (Å²) in [4.78, 5) is 21.4. The van der Waals surface area contributed by atoms with Crippen LogP contribution in [0, 0.1) is 0 Å². The maximum absolute atomic E-state index is 11.2. The Kier molecular flexibility index (Phi) is 9.70. The van der Waals surface area contributed by atoms with Crippen molar-refractivity contribution < 1.29 is 19.4 Å². The first-order valence-electron chi connectivity index (χ1n) is 5.64. The number of hydrogen-bond donors (Lipinski definition) is 2. The van der Waals surface area contributed by atoms with Crippen molar-refractivity contribution in [3.05, 3.63) is 0 Å². The second kappa shape index (κ2) is 10.4. The summed E-state index contributed by atoms with van der Waals surface area (Å²) in [6.45, 7) is 1.38. The number of amides is 1. The molecule has 0 bridgehead atoms. The quantitative estimate of drug-likeness (QED) is 0.553. The average Bonchev–Trinajstić information content (AvgIpc) is 2.24. The predicted octanol–water partition coefficient (Wildman–Crippen LogP) is 1.17. The Morgan fingerprint density at radius 1 is 1.12 bits per heavy atom. The molecule has 16 heavy (non-hydrogen) atoms. The van der Waals surface area contributed by atoms with Gasteiger partial charge in [-0.15, -0.1) is 0 Å². The van der Waals surface area contributed by atoms with Gasteiger partial charge in [0.1, 0.15) is 0 Å². The molecular weight excluding hydrogens is 210 g/mol. The van der Waals surface area contributed by atoms with E-state index in [0.29, 0.717) is 32.4 Å². The Bertz CT molecular complexity index is 206. The smallest absolute Gasteiger partial charge is 0.303 e. The van der Waals surface area contributed by atoms with Crippen molar-refractivity contribution in [1.29, 1.82) is 0 Å². The molecule has 0 spiro atoms. The zero-order valence-corrected chi connectivity index (χ0v) is 9.83. The molecule has 0 unspecified atom stereocenters. The molecule has 1 amide bonds. The number of carboxylic acid groups (broad SMARTS) is 1. The van der Waals surface area contributed by atoms with Crippen LogP contribution in [0.3, 0.4) is 0 Å². The van der Waals surface area contributed by atoms with Gasteiger partial charge in [-0.2, -0.15) is 0 Å². The average molecular weight is 231 g/mol. The zero-order chi connectivity index (χ0) is 12.2. The van der Waals surface area contributed by atoms with Gasteiger partial charge < -0.3 is 15.2 Å². The number of hydrogen-bond acceptors (Lipinski definition) is 3. The maximum atomic E-state index is 11.2. The molecule has 5 heteroatoms. The fourth-order valence-corrected chi connectivity index (χ4v) is 1.25. The molecule has 94 valence electrons. The summed E-state index contributed by atoms with van der Waals surface area (Å²) in [6.07, 6.45) is 3.60. The van der Waals surface area contributed by atoms with Crippen LogP contribution in [0.1, 0.15) is 38.5 Å². The Balaban J connectivity index is 3.21. The minimum atomic E-state index is -0.806. The van der Waals surface area contributed by atoms with E-state index in [1.165, 1.54) is 0 Å². The molecular formula is C11H21NO4. The van der Waals surface area contributed by atoms with Gasteiger partial charge in [0.15, 0.2) is 0 Å². The molecule has 0 radical (unpaired) electrons. The molecule has 0 aromatic heterocycles. The van der Waals surface area contributed by atoms with Crippen LogP contribution in [0.5, 0.6) is 0 Å². The summed E-state index contributed by atoms with van der Waals surface area (Å²) in [5, 5.41) is 11.2. The standard InChI is InChI=1S/C11H21NO4/c1-16-9-5-4-8-12-10(13)6-2-3-7-11(14)15/h2-9H2,1H3,(H,12,13)(H,14,15). The van der Waals surface area contributed by atoms with Crippen LogP contribution in [0.25, 0.3) is 0 Å². The summed E-state index contributed by atoms with van der Waals surface area (Å²) in [7, 11) is 1.65. The molecule has 0 atom stereocenters. The van der Waals surface area contributed by atoms with Gasteiger partial charge in [0.2, 0.25) is 5.91 Å². The summed E-state index contributed by atoms with van der Waals surface area (Å²) in [5.74, 6) is -0.803. The third-order valence-corrected chi connectivity index (χ3v) is 2.14. The van der Waals surface area contributed by atoms with Crippen LogP contribution < -0.4 is 5.32 Å². The van der Waals surface area contributed by atoms with Gasteiger partial charge >= 0.3 is 5.97 Å². The van der Waals surface area contributed by atoms with Crippen molar-refractivity contribution in [1.82, 2.24) is 5.32 Å². The summed E-state index contributed by atoms with van der Waals surface area (Å²) in [5.41, 5.74) is 0. The van der Waals surface area contributed by atoms with Crippen molar-refractivity contribution in [2.24, 2.45) is 0 Å². The molecule has 0 fully saturated rings. The van der Waals surface area contributed by atoms with E-state index in [1.54, 1.807) is 7.11 Å². The Labute approximate surface area is 96.2 Å². The van der Waals surface area contributed by atoms with E-state index in [2.05, 4.69) is 5.32 Å². The lowest BCUT2D eigenvalue weighted by molar-refractivity contribution is -0.137. The number of carbonyl (C=O) groups is 2. The van der Waals surface area contributed by atoms with Gasteiger partial charge in [0.05, 0.1) is 0 Å². The summed E-state index contributed by atoms with van der Waals surface area (Å²) < 4.78 is 4.88. The minimum Gasteiger partial charge on any atom is -0.481 e. The highest BCUT2D eigenvalue weighted by Crippen LogP contribution is 1.99. The highest BCUT2D eigenvalue weighted by Gasteiger charge is 2.01. The highest BCUT2D eigenvalue weighted by atomic mass is 16.5. The topological polar surface area (TPSA) is 75.6 Å². The van der Waals surface area contributed by atoms with Crippen LogP contribution in [-0.4, -0.2) is 37.2 Å². The molecule has 0 saturated carbocycles. The first-order chi connectivity index (χ1) is 7.66. The van der Waals surface area contributed by atoms with E-state index in [0.717, 1.165) is 12.8 Å². The molecule has 2 N–H and O–H groups in total. The van der Waals surface area contributed by atoms with Crippen LogP contribution in [0.15, 0.2) is 0 Å². The van der Waals surface area contributed by atoms with E-state index in [4.69, 9.17) is 9.84 Å². The number of aliphatic carboxylic acids is 1. The highest BCUT2D eigenvalue weighted by molar-refractivity contribution is 5.75. The molecule has 0 rings (SSSR count). The number of ether oxygens (including phenoxy) is 1. The normalized spacial score (nSPS) is 10.1. The molecule has 0 aliphatic carbocycles. The minimum absolute atomic E-state index is 0.00260. The van der Waals surface area contributed by atoms with Crippen molar-refractivity contribution in [3.63, 3.8) is 0 Å². The van der Waals surface area contributed by atoms with Crippen molar-refractivity contribution in [2.45, 2.75) is 38.5 Å². The summed E-state index contributed by atoms with van der Waals surface area (Å²) in [6, 6.07) is 0. The fourth-order valence-electron chi connectivity index (χ4n) is 1.25. The number of unbranched alkanes of at least 4 members (excludes halogenated alkanes) is 2. The number of carbonyl (C=O) groups excluding carboxylic acids is 1.